The number of hydrogen-bond acceptors (Lipinski definition) is 1. The second kappa shape index (κ2) is 4.85. The smallest absolute Gasteiger partial charge is 0.0221 e. The van der Waals surface area contributed by atoms with Crippen LogP contribution in [0.2, 0.25) is 0 Å². The number of allylic oxidation sites excluding steroid dienone is 1. The van der Waals surface area contributed by atoms with E-state index >= 15 is 0 Å². The van der Waals surface area contributed by atoms with Crippen molar-refractivity contribution in [3.05, 3.63) is 12.2 Å². The van der Waals surface area contributed by atoms with Gasteiger partial charge in [0.05, 0.1) is 0 Å². The SMILES string of the molecule is C/C=C/[C@@H](C)NCC. The van der Waals surface area contributed by atoms with E-state index in [4.69, 9.17) is 0 Å². The number of rotatable bonds is 3. The van der Waals surface area contributed by atoms with Gasteiger partial charge in [0.1, 0.15) is 0 Å². The third kappa shape index (κ3) is 3.88. The topological polar surface area (TPSA) is 12.0 Å². The summed E-state index contributed by atoms with van der Waals surface area (Å²) in [6.07, 6.45) is 4.21. The summed E-state index contributed by atoms with van der Waals surface area (Å²) in [7, 11) is 0. The highest BCUT2D eigenvalue weighted by atomic mass is 14.9. The van der Waals surface area contributed by atoms with Gasteiger partial charge in [-0.25, -0.2) is 0 Å². The first-order valence-electron chi connectivity index (χ1n) is 3.17. The van der Waals surface area contributed by atoms with E-state index in [0.717, 1.165) is 6.54 Å². The van der Waals surface area contributed by atoms with Crippen LogP contribution >= 0.6 is 0 Å². The molecule has 0 aromatic rings. The van der Waals surface area contributed by atoms with Crippen molar-refractivity contribution in [2.75, 3.05) is 6.54 Å². The standard InChI is InChI=1S/C7H15N/c1-4-6-7(3)8-5-2/h4,6-8H,5H2,1-3H3/b6-4+/t7-/m1/s1. The first-order chi connectivity index (χ1) is 3.81. The monoisotopic (exact) mass is 113 g/mol. The average Bonchev–Trinajstić information content (AvgIpc) is 1.68. The molecule has 0 rings (SSSR count). The predicted octanol–water partition coefficient (Wildman–Crippen LogP) is 1.56. The maximum Gasteiger partial charge on any atom is 0.0221 e. The van der Waals surface area contributed by atoms with Crippen LogP contribution in [0, 0.1) is 0 Å². The van der Waals surface area contributed by atoms with Crippen LogP contribution in [-0.4, -0.2) is 12.6 Å². The average molecular weight is 113 g/mol. The second-order valence-corrected chi connectivity index (χ2v) is 1.87. The van der Waals surface area contributed by atoms with Crippen LogP contribution < -0.4 is 5.32 Å². The van der Waals surface area contributed by atoms with Crippen molar-refractivity contribution in [3.8, 4) is 0 Å². The third-order valence-electron chi connectivity index (χ3n) is 1.01. The summed E-state index contributed by atoms with van der Waals surface area (Å²) in [5, 5.41) is 3.26. The molecule has 1 N–H and O–H groups in total. The molecule has 48 valence electrons. The highest BCUT2D eigenvalue weighted by Crippen LogP contribution is 1.81. The molecule has 1 heteroatoms. The first kappa shape index (κ1) is 7.70. The molecule has 0 aliphatic heterocycles. The number of nitrogens with one attached hydrogen (secondary N) is 1. The minimum absolute atomic E-state index is 0.532. The van der Waals surface area contributed by atoms with E-state index in [9.17, 15) is 0 Å². The second-order valence-electron chi connectivity index (χ2n) is 1.87. The molecule has 0 aliphatic carbocycles. The van der Waals surface area contributed by atoms with E-state index in [0.29, 0.717) is 6.04 Å². The summed E-state index contributed by atoms with van der Waals surface area (Å²) in [6, 6.07) is 0.532. The van der Waals surface area contributed by atoms with Gasteiger partial charge in [-0.15, -0.1) is 0 Å². The zero-order valence-corrected chi connectivity index (χ0v) is 5.94. The van der Waals surface area contributed by atoms with Crippen LogP contribution in [0.4, 0.5) is 0 Å². The molecule has 0 aromatic carbocycles. The highest BCUT2D eigenvalue weighted by Gasteiger charge is 1.87. The van der Waals surface area contributed by atoms with Crippen molar-refractivity contribution in [1.29, 1.82) is 0 Å². The Labute approximate surface area is 51.8 Å². The maximum atomic E-state index is 3.26. The summed E-state index contributed by atoms with van der Waals surface area (Å²) in [5.41, 5.74) is 0. The Morgan fingerprint density at radius 3 is 2.62 bits per heavy atom. The van der Waals surface area contributed by atoms with Gasteiger partial charge in [-0.05, 0) is 20.4 Å². The van der Waals surface area contributed by atoms with Crippen molar-refractivity contribution >= 4 is 0 Å². The molecule has 0 unspecified atom stereocenters. The Kier molecular flexibility index (Phi) is 4.67. The molecule has 0 radical (unpaired) electrons. The molecule has 8 heavy (non-hydrogen) atoms. The minimum Gasteiger partial charge on any atom is -0.311 e. The fourth-order valence-corrected chi connectivity index (χ4v) is 0.679. The van der Waals surface area contributed by atoms with E-state index in [1.165, 1.54) is 0 Å². The number of hydrogen-bond donors (Lipinski definition) is 1. The lowest BCUT2D eigenvalue weighted by Gasteiger charge is -2.03. The molecule has 0 saturated carbocycles. The first-order valence-corrected chi connectivity index (χ1v) is 3.17. The van der Waals surface area contributed by atoms with Gasteiger partial charge < -0.3 is 5.32 Å². The zero-order valence-electron chi connectivity index (χ0n) is 5.94. The Bertz CT molecular complexity index is 66.8. The van der Waals surface area contributed by atoms with E-state index < -0.39 is 0 Å². The van der Waals surface area contributed by atoms with Gasteiger partial charge in [0.15, 0.2) is 0 Å². The largest absolute Gasteiger partial charge is 0.311 e. The fourth-order valence-electron chi connectivity index (χ4n) is 0.679. The summed E-state index contributed by atoms with van der Waals surface area (Å²) in [6.45, 7) is 7.34. The lowest BCUT2D eigenvalue weighted by molar-refractivity contribution is 0.660. The van der Waals surface area contributed by atoms with Crippen LogP contribution in [0.25, 0.3) is 0 Å². The molecule has 1 nitrogen and oxygen atoms in total. The van der Waals surface area contributed by atoms with Gasteiger partial charge in [-0.2, -0.15) is 0 Å². The summed E-state index contributed by atoms with van der Waals surface area (Å²) < 4.78 is 0. The van der Waals surface area contributed by atoms with Crippen LogP contribution in [-0.2, 0) is 0 Å². The zero-order chi connectivity index (χ0) is 6.41. The molecular weight excluding hydrogens is 98.1 g/mol. The van der Waals surface area contributed by atoms with Crippen LogP contribution in [0.1, 0.15) is 20.8 Å². The van der Waals surface area contributed by atoms with Crippen molar-refractivity contribution < 1.29 is 0 Å². The summed E-state index contributed by atoms with van der Waals surface area (Å²) in [4.78, 5) is 0. The predicted molar refractivity (Wildman–Crippen MR) is 38.0 cm³/mol. The van der Waals surface area contributed by atoms with Crippen molar-refractivity contribution in [2.45, 2.75) is 26.8 Å². The van der Waals surface area contributed by atoms with Crippen LogP contribution in [0.3, 0.4) is 0 Å². The molecule has 0 aliphatic rings. The van der Waals surface area contributed by atoms with E-state index in [1.807, 2.05) is 6.92 Å². The molecule has 0 fully saturated rings. The fraction of sp³-hybridized carbons (Fsp3) is 0.714. The lowest BCUT2D eigenvalue weighted by atomic mass is 10.3. The Morgan fingerprint density at radius 1 is 1.62 bits per heavy atom. The minimum atomic E-state index is 0.532. The van der Waals surface area contributed by atoms with Crippen molar-refractivity contribution in [2.24, 2.45) is 0 Å². The third-order valence-corrected chi connectivity index (χ3v) is 1.01. The van der Waals surface area contributed by atoms with Gasteiger partial charge in [-0.3, -0.25) is 0 Å². The summed E-state index contributed by atoms with van der Waals surface area (Å²) >= 11 is 0. The van der Waals surface area contributed by atoms with E-state index in [2.05, 4.69) is 31.3 Å². The molecule has 0 spiro atoms. The van der Waals surface area contributed by atoms with E-state index in [-0.39, 0.29) is 0 Å². The quantitative estimate of drug-likeness (QED) is 0.548. The molecular formula is C7H15N. The van der Waals surface area contributed by atoms with E-state index in [1.54, 1.807) is 0 Å². The Morgan fingerprint density at radius 2 is 2.25 bits per heavy atom. The van der Waals surface area contributed by atoms with Gasteiger partial charge in [0, 0.05) is 6.04 Å². The maximum absolute atomic E-state index is 3.26. The van der Waals surface area contributed by atoms with Gasteiger partial charge in [0.2, 0.25) is 0 Å². The van der Waals surface area contributed by atoms with Gasteiger partial charge >= 0.3 is 0 Å². The molecule has 0 amide bonds. The Hall–Kier alpha value is -0.300. The highest BCUT2D eigenvalue weighted by molar-refractivity contribution is 4.87. The normalized spacial score (nSPS) is 14.9. The van der Waals surface area contributed by atoms with Gasteiger partial charge in [-0.1, -0.05) is 19.1 Å². The van der Waals surface area contributed by atoms with Crippen molar-refractivity contribution in [1.82, 2.24) is 5.32 Å². The molecule has 0 heterocycles. The summed E-state index contributed by atoms with van der Waals surface area (Å²) in [5.74, 6) is 0. The van der Waals surface area contributed by atoms with Crippen LogP contribution in [0.5, 0.6) is 0 Å². The number of likely N-dealkylation sites (N-methyl/N-ethyl adjacent to an activating group) is 1. The van der Waals surface area contributed by atoms with Crippen molar-refractivity contribution in [3.63, 3.8) is 0 Å². The molecule has 0 aromatic heterocycles. The molecule has 1 atom stereocenters. The molecule has 0 bridgehead atoms. The van der Waals surface area contributed by atoms with Gasteiger partial charge in [0.25, 0.3) is 0 Å². The lowest BCUT2D eigenvalue weighted by Crippen LogP contribution is -2.22. The molecule has 0 saturated heterocycles. The van der Waals surface area contributed by atoms with Crippen LogP contribution in [0.15, 0.2) is 12.2 Å². The Balaban J connectivity index is 3.17.